The fraction of sp³-hybridized carbons (Fsp3) is 0.857. The van der Waals surface area contributed by atoms with Gasteiger partial charge in [0, 0.05) is 13.0 Å². The Hall–Kier alpha value is -0.410. The number of hydrogen-bond donors (Lipinski definition) is 1. The number of rotatable bonds is 6. The molecule has 0 unspecified atom stereocenters. The molecule has 3 nitrogen and oxygen atoms in total. The van der Waals surface area contributed by atoms with Crippen molar-refractivity contribution in [3.05, 3.63) is 0 Å². The molecule has 1 N–H and O–H groups in total. The van der Waals surface area contributed by atoms with Crippen molar-refractivity contribution in [3.63, 3.8) is 0 Å². The lowest BCUT2D eigenvalue weighted by molar-refractivity contribution is -0.107. The van der Waals surface area contributed by atoms with E-state index >= 15 is 0 Å². The van der Waals surface area contributed by atoms with Gasteiger partial charge in [-0.15, -0.1) is 0 Å². The summed E-state index contributed by atoms with van der Waals surface area (Å²) < 4.78 is 0. The molecule has 0 bridgehead atoms. The van der Waals surface area contributed by atoms with Crippen LogP contribution in [0.2, 0.25) is 0 Å². The highest BCUT2D eigenvalue weighted by atomic mass is 16.3. The van der Waals surface area contributed by atoms with Crippen molar-refractivity contribution >= 4 is 6.29 Å². The SMILES string of the molecule is CN(CCO)CCCC=O. The fourth-order valence-corrected chi connectivity index (χ4v) is 0.727. The Morgan fingerprint density at radius 1 is 1.50 bits per heavy atom. The van der Waals surface area contributed by atoms with E-state index in [1.807, 2.05) is 11.9 Å². The molecule has 0 aromatic rings. The normalized spacial score (nSPS) is 10.3. The predicted octanol–water partition coefficient (Wildman–Crippen LogP) is -0.110. The van der Waals surface area contributed by atoms with E-state index in [0.29, 0.717) is 13.0 Å². The molecule has 0 aromatic heterocycles. The number of unbranched alkanes of at least 4 members (excludes halogenated alkanes) is 1. The van der Waals surface area contributed by atoms with Crippen molar-refractivity contribution in [3.8, 4) is 0 Å². The van der Waals surface area contributed by atoms with Crippen LogP contribution in [0.1, 0.15) is 12.8 Å². The number of aliphatic hydroxyl groups excluding tert-OH is 1. The average molecular weight is 145 g/mol. The van der Waals surface area contributed by atoms with E-state index in [9.17, 15) is 4.79 Å². The second-order valence-corrected chi connectivity index (χ2v) is 2.34. The van der Waals surface area contributed by atoms with Gasteiger partial charge in [0.15, 0.2) is 0 Å². The van der Waals surface area contributed by atoms with Gasteiger partial charge < -0.3 is 14.8 Å². The van der Waals surface area contributed by atoms with Crippen LogP contribution in [0.5, 0.6) is 0 Å². The van der Waals surface area contributed by atoms with Crippen molar-refractivity contribution in [2.75, 3.05) is 26.7 Å². The number of carbonyl (C=O) groups excluding carboxylic acids is 1. The molecule has 0 aromatic carbocycles. The number of carbonyl (C=O) groups is 1. The van der Waals surface area contributed by atoms with Crippen LogP contribution >= 0.6 is 0 Å². The summed E-state index contributed by atoms with van der Waals surface area (Å²) in [4.78, 5) is 11.9. The van der Waals surface area contributed by atoms with Crippen LogP contribution in [0.25, 0.3) is 0 Å². The molecule has 0 spiro atoms. The quantitative estimate of drug-likeness (QED) is 0.419. The van der Waals surface area contributed by atoms with Crippen molar-refractivity contribution in [2.45, 2.75) is 12.8 Å². The highest BCUT2D eigenvalue weighted by Gasteiger charge is 1.94. The minimum Gasteiger partial charge on any atom is -0.395 e. The Labute approximate surface area is 61.6 Å². The van der Waals surface area contributed by atoms with Gasteiger partial charge in [-0.25, -0.2) is 0 Å². The standard InChI is InChI=1S/C7H15NO2/c1-8(5-7-10)4-2-3-6-9/h6,10H,2-5,7H2,1H3. The minimum absolute atomic E-state index is 0.192. The van der Waals surface area contributed by atoms with Crippen LogP contribution in [-0.4, -0.2) is 43.0 Å². The first kappa shape index (κ1) is 9.59. The van der Waals surface area contributed by atoms with Gasteiger partial charge in [0.25, 0.3) is 0 Å². The van der Waals surface area contributed by atoms with E-state index < -0.39 is 0 Å². The summed E-state index contributed by atoms with van der Waals surface area (Å²) in [6.07, 6.45) is 2.43. The fourth-order valence-electron chi connectivity index (χ4n) is 0.727. The summed E-state index contributed by atoms with van der Waals surface area (Å²) in [5, 5.41) is 8.48. The maximum absolute atomic E-state index is 9.88. The molecule has 0 aliphatic carbocycles. The molecular formula is C7H15NO2. The van der Waals surface area contributed by atoms with E-state index in [4.69, 9.17) is 5.11 Å². The van der Waals surface area contributed by atoms with Crippen LogP contribution in [0.4, 0.5) is 0 Å². The topological polar surface area (TPSA) is 40.5 Å². The van der Waals surface area contributed by atoms with Gasteiger partial charge in [-0.05, 0) is 20.0 Å². The highest BCUT2D eigenvalue weighted by Crippen LogP contribution is 1.88. The zero-order valence-corrected chi connectivity index (χ0v) is 6.42. The molecule has 0 rings (SSSR count). The second kappa shape index (κ2) is 6.71. The Morgan fingerprint density at radius 2 is 2.20 bits per heavy atom. The van der Waals surface area contributed by atoms with E-state index in [0.717, 1.165) is 19.3 Å². The van der Waals surface area contributed by atoms with Gasteiger partial charge in [0.1, 0.15) is 6.29 Å². The molecule has 0 heterocycles. The van der Waals surface area contributed by atoms with Gasteiger partial charge in [-0.3, -0.25) is 0 Å². The highest BCUT2D eigenvalue weighted by molar-refractivity contribution is 5.48. The molecule has 0 saturated heterocycles. The second-order valence-electron chi connectivity index (χ2n) is 2.34. The van der Waals surface area contributed by atoms with Gasteiger partial charge in [-0.2, -0.15) is 0 Å². The van der Waals surface area contributed by atoms with E-state index in [1.54, 1.807) is 0 Å². The molecule has 0 aliphatic heterocycles. The Bertz CT molecular complexity index is 85.7. The van der Waals surface area contributed by atoms with Gasteiger partial charge in [-0.1, -0.05) is 0 Å². The van der Waals surface area contributed by atoms with Gasteiger partial charge in [0.05, 0.1) is 6.61 Å². The third-order valence-corrected chi connectivity index (χ3v) is 1.34. The van der Waals surface area contributed by atoms with Crippen LogP contribution in [0.3, 0.4) is 0 Å². The van der Waals surface area contributed by atoms with Crippen molar-refractivity contribution in [1.29, 1.82) is 0 Å². The van der Waals surface area contributed by atoms with Crippen LogP contribution in [-0.2, 0) is 4.79 Å². The summed E-state index contributed by atoms with van der Waals surface area (Å²) in [5.41, 5.74) is 0. The minimum atomic E-state index is 0.192. The molecule has 0 amide bonds. The van der Waals surface area contributed by atoms with Crippen molar-refractivity contribution < 1.29 is 9.90 Å². The first-order valence-corrected chi connectivity index (χ1v) is 3.54. The average Bonchev–Trinajstić information content (AvgIpc) is 1.89. The largest absolute Gasteiger partial charge is 0.395 e. The smallest absolute Gasteiger partial charge is 0.120 e. The molecule has 0 atom stereocenters. The molecule has 0 radical (unpaired) electrons. The first-order valence-electron chi connectivity index (χ1n) is 3.54. The predicted molar refractivity (Wildman–Crippen MR) is 39.9 cm³/mol. The molecular weight excluding hydrogens is 130 g/mol. The summed E-state index contributed by atoms with van der Waals surface area (Å²) in [6.45, 7) is 1.77. The van der Waals surface area contributed by atoms with Crippen molar-refractivity contribution in [2.24, 2.45) is 0 Å². The lowest BCUT2D eigenvalue weighted by Crippen LogP contribution is -2.23. The lowest BCUT2D eigenvalue weighted by atomic mass is 10.3. The van der Waals surface area contributed by atoms with Crippen LogP contribution in [0.15, 0.2) is 0 Å². The molecule has 60 valence electrons. The number of aldehydes is 1. The van der Waals surface area contributed by atoms with E-state index in [1.165, 1.54) is 0 Å². The van der Waals surface area contributed by atoms with Gasteiger partial charge >= 0.3 is 0 Å². The zero-order valence-electron chi connectivity index (χ0n) is 6.42. The first-order chi connectivity index (χ1) is 4.81. The number of hydrogen-bond acceptors (Lipinski definition) is 3. The van der Waals surface area contributed by atoms with Crippen LogP contribution < -0.4 is 0 Å². The summed E-state index contributed by atoms with van der Waals surface area (Å²) >= 11 is 0. The molecule has 10 heavy (non-hydrogen) atoms. The molecule has 0 aliphatic rings. The number of likely N-dealkylation sites (N-methyl/N-ethyl adjacent to an activating group) is 1. The Balaban J connectivity index is 3.04. The van der Waals surface area contributed by atoms with Gasteiger partial charge in [0.2, 0.25) is 0 Å². The lowest BCUT2D eigenvalue weighted by Gasteiger charge is -2.12. The van der Waals surface area contributed by atoms with Crippen LogP contribution in [0, 0.1) is 0 Å². The molecule has 3 heteroatoms. The van der Waals surface area contributed by atoms with E-state index in [-0.39, 0.29) is 6.61 Å². The summed E-state index contributed by atoms with van der Waals surface area (Å²) in [7, 11) is 1.93. The third kappa shape index (κ3) is 5.72. The van der Waals surface area contributed by atoms with Crippen molar-refractivity contribution in [1.82, 2.24) is 4.90 Å². The maximum atomic E-state index is 9.88. The Morgan fingerprint density at radius 3 is 2.70 bits per heavy atom. The zero-order chi connectivity index (χ0) is 7.82. The monoisotopic (exact) mass is 145 g/mol. The summed E-state index contributed by atoms with van der Waals surface area (Å²) in [6, 6.07) is 0. The maximum Gasteiger partial charge on any atom is 0.120 e. The molecule has 0 fully saturated rings. The summed E-state index contributed by atoms with van der Waals surface area (Å²) in [5.74, 6) is 0. The third-order valence-electron chi connectivity index (χ3n) is 1.34. The number of aliphatic hydroxyl groups is 1. The Kier molecular flexibility index (Phi) is 6.43. The molecule has 0 saturated carbocycles. The number of nitrogens with zero attached hydrogens (tertiary/aromatic N) is 1. The van der Waals surface area contributed by atoms with E-state index in [2.05, 4.69) is 0 Å².